The number of nitrogens with one attached hydrogen (secondary N) is 1. The van der Waals surface area contributed by atoms with Gasteiger partial charge in [-0.05, 0) is 25.2 Å². The summed E-state index contributed by atoms with van der Waals surface area (Å²) in [7, 11) is 0. The number of carboxylic acid groups (broad SMARTS) is 1. The Kier molecular flexibility index (Phi) is 4.12. The van der Waals surface area contributed by atoms with Gasteiger partial charge >= 0.3 is 5.97 Å². The van der Waals surface area contributed by atoms with Crippen LogP contribution in [0.2, 0.25) is 0 Å². The highest BCUT2D eigenvalue weighted by Gasteiger charge is 2.30. The van der Waals surface area contributed by atoms with E-state index in [-0.39, 0.29) is 18.4 Å². The summed E-state index contributed by atoms with van der Waals surface area (Å²) in [4.78, 5) is 22.2. The van der Waals surface area contributed by atoms with Gasteiger partial charge in [0.25, 0.3) is 0 Å². The highest BCUT2D eigenvalue weighted by molar-refractivity contribution is 5.81. The molecule has 1 fully saturated rings. The van der Waals surface area contributed by atoms with E-state index in [4.69, 9.17) is 5.11 Å². The minimum Gasteiger partial charge on any atom is -0.481 e. The zero-order valence-electron chi connectivity index (χ0n) is 9.32. The summed E-state index contributed by atoms with van der Waals surface area (Å²) < 4.78 is 0. The number of carboxylic acids is 1. The van der Waals surface area contributed by atoms with Gasteiger partial charge in [-0.25, -0.2) is 0 Å². The molecule has 86 valence electrons. The second-order valence-corrected chi connectivity index (χ2v) is 4.68. The summed E-state index contributed by atoms with van der Waals surface area (Å²) in [6.45, 7) is 4.24. The maximum atomic E-state index is 11.3. The van der Waals surface area contributed by atoms with Gasteiger partial charge in [0.05, 0.1) is 5.92 Å². The molecule has 0 radical (unpaired) electrons. The molecule has 1 unspecified atom stereocenters. The molecule has 1 aliphatic rings. The van der Waals surface area contributed by atoms with Crippen LogP contribution in [0.25, 0.3) is 0 Å². The van der Waals surface area contributed by atoms with Crippen LogP contribution in [0.4, 0.5) is 0 Å². The Morgan fingerprint density at radius 3 is 2.40 bits per heavy atom. The minimum absolute atomic E-state index is 0.0185. The van der Waals surface area contributed by atoms with Crippen molar-refractivity contribution in [3.8, 4) is 0 Å². The number of hydrogen-bond donors (Lipinski definition) is 2. The molecule has 0 aromatic carbocycles. The van der Waals surface area contributed by atoms with Gasteiger partial charge in [0.1, 0.15) is 0 Å². The van der Waals surface area contributed by atoms with Crippen LogP contribution >= 0.6 is 0 Å². The summed E-state index contributed by atoms with van der Waals surface area (Å²) in [5.74, 6) is -0.764. The van der Waals surface area contributed by atoms with Crippen LogP contribution in [0.15, 0.2) is 0 Å². The lowest BCUT2D eigenvalue weighted by Crippen LogP contribution is -2.34. The molecule has 1 rings (SSSR count). The van der Waals surface area contributed by atoms with E-state index in [1.165, 1.54) is 0 Å². The Morgan fingerprint density at radius 2 is 2.00 bits per heavy atom. The van der Waals surface area contributed by atoms with Crippen molar-refractivity contribution in [1.29, 1.82) is 0 Å². The van der Waals surface area contributed by atoms with Gasteiger partial charge < -0.3 is 10.4 Å². The number of amides is 1. The zero-order valence-corrected chi connectivity index (χ0v) is 9.32. The second-order valence-electron chi connectivity index (χ2n) is 4.68. The fourth-order valence-corrected chi connectivity index (χ4v) is 1.55. The van der Waals surface area contributed by atoms with Gasteiger partial charge in [0.15, 0.2) is 0 Å². The Bertz CT molecular complexity index is 246. The molecule has 0 saturated heterocycles. The number of aliphatic carboxylic acids is 1. The van der Waals surface area contributed by atoms with E-state index >= 15 is 0 Å². The first-order chi connectivity index (χ1) is 7.00. The summed E-state index contributed by atoms with van der Waals surface area (Å²) in [6.07, 6.45) is 2.52. The molecule has 1 saturated carbocycles. The lowest BCUT2D eigenvalue weighted by atomic mass is 9.97. The molecule has 0 aromatic rings. The largest absolute Gasteiger partial charge is 0.481 e. The molecular weight excluding hydrogens is 194 g/mol. The summed E-state index contributed by atoms with van der Waals surface area (Å²) >= 11 is 0. The number of rotatable bonds is 6. The molecule has 1 aliphatic carbocycles. The summed E-state index contributed by atoms with van der Waals surface area (Å²) in [5, 5.41) is 11.6. The molecule has 2 N–H and O–H groups in total. The zero-order chi connectivity index (χ0) is 11.4. The molecule has 0 bridgehead atoms. The molecule has 0 aliphatic heterocycles. The lowest BCUT2D eigenvalue weighted by Gasteiger charge is -2.15. The molecule has 15 heavy (non-hydrogen) atoms. The smallest absolute Gasteiger partial charge is 0.308 e. The average molecular weight is 213 g/mol. The van der Waals surface area contributed by atoms with Crippen LogP contribution < -0.4 is 5.32 Å². The quantitative estimate of drug-likeness (QED) is 0.698. The third-order valence-corrected chi connectivity index (χ3v) is 2.58. The van der Waals surface area contributed by atoms with E-state index in [1.807, 2.05) is 13.8 Å². The molecule has 4 heteroatoms. The van der Waals surface area contributed by atoms with Crippen LogP contribution in [0.5, 0.6) is 0 Å². The van der Waals surface area contributed by atoms with E-state index in [0.29, 0.717) is 12.3 Å². The van der Waals surface area contributed by atoms with Crippen molar-refractivity contribution in [3.05, 3.63) is 0 Å². The van der Waals surface area contributed by atoms with Gasteiger partial charge in [0, 0.05) is 12.5 Å². The second kappa shape index (κ2) is 5.14. The van der Waals surface area contributed by atoms with Gasteiger partial charge in [0.2, 0.25) is 5.91 Å². The van der Waals surface area contributed by atoms with E-state index in [9.17, 15) is 9.59 Å². The number of carbonyl (C=O) groups is 2. The SMILES string of the molecule is CC(C)CC(CNC(=O)C1CC1)C(=O)O. The Labute approximate surface area is 90.0 Å². The maximum Gasteiger partial charge on any atom is 0.308 e. The van der Waals surface area contributed by atoms with Gasteiger partial charge in [-0.15, -0.1) is 0 Å². The van der Waals surface area contributed by atoms with Crippen LogP contribution in [0.1, 0.15) is 33.1 Å². The van der Waals surface area contributed by atoms with Crippen molar-refractivity contribution < 1.29 is 14.7 Å². The highest BCUT2D eigenvalue weighted by Crippen LogP contribution is 2.28. The van der Waals surface area contributed by atoms with Crippen molar-refractivity contribution in [2.24, 2.45) is 17.8 Å². The molecule has 0 heterocycles. The Hall–Kier alpha value is -1.06. The molecule has 1 amide bonds. The lowest BCUT2D eigenvalue weighted by molar-refractivity contribution is -0.142. The van der Waals surface area contributed by atoms with E-state index in [0.717, 1.165) is 12.8 Å². The minimum atomic E-state index is -0.820. The molecule has 1 atom stereocenters. The molecule has 4 nitrogen and oxygen atoms in total. The first kappa shape index (κ1) is 12.0. The molecular formula is C11H19NO3. The van der Waals surface area contributed by atoms with Crippen molar-refractivity contribution in [2.45, 2.75) is 33.1 Å². The van der Waals surface area contributed by atoms with Gasteiger partial charge in [-0.3, -0.25) is 9.59 Å². The monoisotopic (exact) mass is 213 g/mol. The predicted octanol–water partition coefficient (Wildman–Crippen LogP) is 1.26. The average Bonchev–Trinajstić information content (AvgIpc) is 2.93. The van der Waals surface area contributed by atoms with Gasteiger partial charge in [-0.2, -0.15) is 0 Å². The fraction of sp³-hybridized carbons (Fsp3) is 0.818. The summed E-state index contributed by atoms with van der Waals surface area (Å²) in [6, 6.07) is 0. The van der Waals surface area contributed by atoms with Crippen LogP contribution in [0, 0.1) is 17.8 Å². The normalized spacial score (nSPS) is 17.5. The third-order valence-electron chi connectivity index (χ3n) is 2.58. The number of carbonyl (C=O) groups excluding carboxylic acids is 1. The topological polar surface area (TPSA) is 66.4 Å². The Morgan fingerprint density at radius 1 is 1.40 bits per heavy atom. The first-order valence-electron chi connectivity index (χ1n) is 5.51. The van der Waals surface area contributed by atoms with Gasteiger partial charge in [-0.1, -0.05) is 13.8 Å². The third kappa shape index (κ3) is 4.32. The van der Waals surface area contributed by atoms with Crippen molar-refractivity contribution in [3.63, 3.8) is 0 Å². The Balaban J connectivity index is 2.30. The van der Waals surface area contributed by atoms with Crippen LogP contribution in [-0.4, -0.2) is 23.5 Å². The maximum absolute atomic E-state index is 11.3. The number of hydrogen-bond acceptors (Lipinski definition) is 2. The highest BCUT2D eigenvalue weighted by atomic mass is 16.4. The van der Waals surface area contributed by atoms with Crippen LogP contribution in [0.3, 0.4) is 0 Å². The van der Waals surface area contributed by atoms with Crippen LogP contribution in [-0.2, 0) is 9.59 Å². The molecule has 0 spiro atoms. The van der Waals surface area contributed by atoms with E-state index in [2.05, 4.69) is 5.32 Å². The first-order valence-corrected chi connectivity index (χ1v) is 5.51. The fourth-order valence-electron chi connectivity index (χ4n) is 1.55. The molecule has 0 aromatic heterocycles. The van der Waals surface area contributed by atoms with Crippen molar-refractivity contribution in [1.82, 2.24) is 5.32 Å². The standard InChI is InChI=1S/C11H19NO3/c1-7(2)5-9(11(14)15)6-12-10(13)8-3-4-8/h7-9H,3-6H2,1-2H3,(H,12,13)(H,14,15). The summed E-state index contributed by atoms with van der Waals surface area (Å²) in [5.41, 5.74) is 0. The van der Waals surface area contributed by atoms with Crippen molar-refractivity contribution >= 4 is 11.9 Å². The van der Waals surface area contributed by atoms with Crippen molar-refractivity contribution in [2.75, 3.05) is 6.54 Å². The predicted molar refractivity (Wildman–Crippen MR) is 56.3 cm³/mol. The van der Waals surface area contributed by atoms with E-state index < -0.39 is 11.9 Å². The van der Waals surface area contributed by atoms with E-state index in [1.54, 1.807) is 0 Å².